The number of aromatic nitrogens is 1. The highest BCUT2D eigenvalue weighted by molar-refractivity contribution is 6.32. The Morgan fingerprint density at radius 1 is 0.871 bits per heavy atom. The fraction of sp³-hybridized carbons (Fsp3) is 0.0455. The van der Waals surface area contributed by atoms with Crippen LogP contribution in [0, 0.1) is 0 Å². The maximum Gasteiger partial charge on any atom is 0.418 e. The van der Waals surface area contributed by atoms with Gasteiger partial charge in [0.15, 0.2) is 0 Å². The number of hydrogen-bond acceptors (Lipinski definition) is 3. The van der Waals surface area contributed by atoms with Gasteiger partial charge >= 0.3 is 6.18 Å². The Kier molecular flexibility index (Phi) is 6.71. The number of pyridine rings is 1. The number of para-hydroxylation sites is 2. The van der Waals surface area contributed by atoms with Gasteiger partial charge in [-0.2, -0.15) is 13.2 Å². The molecule has 0 bridgehead atoms. The molecular weight excluding hydrogens is 431 g/mol. The van der Waals surface area contributed by atoms with Gasteiger partial charge in [0, 0.05) is 17.4 Å². The molecule has 1 aromatic heterocycles. The van der Waals surface area contributed by atoms with Crippen molar-refractivity contribution in [2.75, 3.05) is 10.6 Å². The van der Waals surface area contributed by atoms with E-state index in [1.165, 1.54) is 30.5 Å². The summed E-state index contributed by atoms with van der Waals surface area (Å²) in [6.07, 6.45) is -2.10. The van der Waals surface area contributed by atoms with Crippen LogP contribution < -0.4 is 10.6 Å². The summed E-state index contributed by atoms with van der Waals surface area (Å²) in [5.74, 6) is -1.86. The SMILES string of the molecule is O=C(Nc1ccccc1)C(=Cc1cccnc1Cl)C(=O)Nc1ccccc1C(F)(F)F. The van der Waals surface area contributed by atoms with Gasteiger partial charge in [-0.3, -0.25) is 9.59 Å². The lowest BCUT2D eigenvalue weighted by molar-refractivity contribution is -0.137. The molecule has 0 spiro atoms. The number of anilines is 2. The molecule has 0 radical (unpaired) electrons. The van der Waals surface area contributed by atoms with Gasteiger partial charge < -0.3 is 10.6 Å². The molecule has 0 atom stereocenters. The normalized spacial score (nSPS) is 11.7. The third-order valence-corrected chi connectivity index (χ3v) is 4.41. The number of benzene rings is 2. The summed E-state index contributed by atoms with van der Waals surface area (Å²) < 4.78 is 39.8. The Morgan fingerprint density at radius 2 is 1.52 bits per heavy atom. The average Bonchev–Trinajstić information content (AvgIpc) is 2.73. The number of rotatable bonds is 5. The number of hydrogen-bond donors (Lipinski definition) is 2. The topological polar surface area (TPSA) is 71.1 Å². The molecule has 0 aliphatic rings. The largest absolute Gasteiger partial charge is 0.418 e. The van der Waals surface area contributed by atoms with Crippen LogP contribution in [0.1, 0.15) is 11.1 Å². The fourth-order valence-corrected chi connectivity index (χ4v) is 2.82. The van der Waals surface area contributed by atoms with Gasteiger partial charge in [-0.15, -0.1) is 0 Å². The maximum absolute atomic E-state index is 13.3. The predicted molar refractivity (Wildman–Crippen MR) is 112 cm³/mol. The lowest BCUT2D eigenvalue weighted by atomic mass is 10.1. The summed E-state index contributed by atoms with van der Waals surface area (Å²) in [6, 6.07) is 15.8. The number of halogens is 4. The second-order valence-electron chi connectivity index (χ2n) is 6.26. The minimum Gasteiger partial charge on any atom is -0.322 e. The Balaban J connectivity index is 1.98. The molecule has 0 aliphatic carbocycles. The molecule has 1 heterocycles. The minimum absolute atomic E-state index is 0.0241. The molecule has 2 amide bonds. The van der Waals surface area contributed by atoms with Crippen molar-refractivity contribution in [1.29, 1.82) is 0 Å². The van der Waals surface area contributed by atoms with Gasteiger partial charge in [0.1, 0.15) is 10.7 Å². The summed E-state index contributed by atoms with van der Waals surface area (Å²) in [4.78, 5) is 29.6. The Hall–Kier alpha value is -3.65. The second kappa shape index (κ2) is 9.44. The van der Waals surface area contributed by atoms with E-state index in [9.17, 15) is 22.8 Å². The molecule has 3 aromatic rings. The number of carbonyl (C=O) groups excluding carboxylic acids is 2. The van der Waals surface area contributed by atoms with Gasteiger partial charge in [0.2, 0.25) is 0 Å². The van der Waals surface area contributed by atoms with Gasteiger partial charge in [-0.05, 0) is 36.4 Å². The summed E-state index contributed by atoms with van der Waals surface area (Å²) in [7, 11) is 0. The summed E-state index contributed by atoms with van der Waals surface area (Å²) in [5.41, 5.74) is -1.31. The van der Waals surface area contributed by atoms with Crippen molar-refractivity contribution in [2.24, 2.45) is 0 Å². The van der Waals surface area contributed by atoms with E-state index >= 15 is 0 Å². The van der Waals surface area contributed by atoms with Crippen LogP contribution in [0.3, 0.4) is 0 Å². The van der Waals surface area contributed by atoms with Crippen molar-refractivity contribution >= 4 is 40.9 Å². The van der Waals surface area contributed by atoms with E-state index in [-0.39, 0.29) is 10.7 Å². The molecule has 9 heteroatoms. The number of nitrogens with zero attached hydrogens (tertiary/aromatic N) is 1. The smallest absolute Gasteiger partial charge is 0.322 e. The van der Waals surface area contributed by atoms with Crippen LogP contribution in [0.2, 0.25) is 5.15 Å². The van der Waals surface area contributed by atoms with Crippen LogP contribution >= 0.6 is 11.6 Å². The van der Waals surface area contributed by atoms with Crippen molar-refractivity contribution in [2.45, 2.75) is 6.18 Å². The molecule has 2 aromatic carbocycles. The van der Waals surface area contributed by atoms with Gasteiger partial charge in [-0.1, -0.05) is 48.0 Å². The standard InChI is InChI=1S/C22H15ClF3N3O2/c23-19-14(7-6-12-27-19)13-16(20(30)28-15-8-2-1-3-9-15)21(31)29-18-11-5-4-10-17(18)22(24,25)26/h1-13H,(H,28,30)(H,29,31). The first-order chi connectivity index (χ1) is 14.8. The van der Waals surface area contributed by atoms with Crippen molar-refractivity contribution in [3.8, 4) is 0 Å². The van der Waals surface area contributed by atoms with Crippen molar-refractivity contribution in [3.05, 3.63) is 94.8 Å². The third-order valence-electron chi connectivity index (χ3n) is 4.09. The van der Waals surface area contributed by atoms with Gasteiger partial charge in [-0.25, -0.2) is 4.98 Å². The van der Waals surface area contributed by atoms with Crippen LogP contribution in [0.4, 0.5) is 24.5 Å². The van der Waals surface area contributed by atoms with Crippen LogP contribution in [-0.2, 0) is 15.8 Å². The van der Waals surface area contributed by atoms with Crippen molar-refractivity contribution < 1.29 is 22.8 Å². The Bertz CT molecular complexity index is 1130. The molecule has 0 saturated heterocycles. The highest BCUT2D eigenvalue weighted by Gasteiger charge is 2.34. The number of alkyl halides is 3. The van der Waals surface area contributed by atoms with Crippen LogP contribution in [-0.4, -0.2) is 16.8 Å². The molecule has 31 heavy (non-hydrogen) atoms. The zero-order chi connectivity index (χ0) is 22.4. The molecule has 2 N–H and O–H groups in total. The Labute approximate surface area is 180 Å². The number of nitrogens with one attached hydrogen (secondary N) is 2. The quantitative estimate of drug-likeness (QED) is 0.238. The van der Waals surface area contributed by atoms with Crippen LogP contribution in [0.25, 0.3) is 6.08 Å². The molecule has 0 unspecified atom stereocenters. The molecule has 5 nitrogen and oxygen atoms in total. The van der Waals surface area contributed by atoms with E-state index in [2.05, 4.69) is 15.6 Å². The summed E-state index contributed by atoms with van der Waals surface area (Å²) >= 11 is 6.02. The zero-order valence-corrected chi connectivity index (χ0v) is 16.5. The number of carbonyl (C=O) groups is 2. The van der Waals surface area contributed by atoms with Gasteiger partial charge in [0.25, 0.3) is 11.8 Å². The lowest BCUT2D eigenvalue weighted by Gasteiger charge is -2.15. The molecule has 0 saturated carbocycles. The van der Waals surface area contributed by atoms with E-state index < -0.39 is 34.8 Å². The third kappa shape index (κ3) is 5.70. The van der Waals surface area contributed by atoms with Crippen molar-refractivity contribution in [1.82, 2.24) is 4.98 Å². The first-order valence-electron chi connectivity index (χ1n) is 8.92. The molecular formula is C22H15ClF3N3O2. The van der Waals surface area contributed by atoms with E-state index in [0.717, 1.165) is 12.1 Å². The predicted octanol–water partition coefficient (Wildman–Crippen LogP) is 5.41. The van der Waals surface area contributed by atoms with Gasteiger partial charge in [0.05, 0.1) is 11.3 Å². The minimum atomic E-state index is -4.69. The van der Waals surface area contributed by atoms with E-state index in [0.29, 0.717) is 5.69 Å². The Morgan fingerprint density at radius 3 is 2.19 bits per heavy atom. The second-order valence-corrected chi connectivity index (χ2v) is 6.62. The van der Waals surface area contributed by atoms with Crippen LogP contribution in [0.5, 0.6) is 0 Å². The maximum atomic E-state index is 13.3. The van der Waals surface area contributed by atoms with E-state index in [1.807, 2.05) is 0 Å². The van der Waals surface area contributed by atoms with E-state index in [4.69, 9.17) is 11.6 Å². The summed E-state index contributed by atoms with van der Waals surface area (Å²) in [6.45, 7) is 0. The molecule has 0 aliphatic heterocycles. The zero-order valence-electron chi connectivity index (χ0n) is 15.8. The molecule has 158 valence electrons. The van der Waals surface area contributed by atoms with E-state index in [1.54, 1.807) is 36.4 Å². The average molecular weight is 446 g/mol. The first kappa shape index (κ1) is 22.0. The first-order valence-corrected chi connectivity index (χ1v) is 9.29. The monoisotopic (exact) mass is 445 g/mol. The fourth-order valence-electron chi connectivity index (χ4n) is 2.64. The lowest BCUT2D eigenvalue weighted by Crippen LogP contribution is -2.26. The highest BCUT2D eigenvalue weighted by atomic mass is 35.5. The number of amides is 2. The van der Waals surface area contributed by atoms with Crippen LogP contribution in [0.15, 0.2) is 78.5 Å². The highest BCUT2D eigenvalue weighted by Crippen LogP contribution is 2.34. The summed E-state index contributed by atoms with van der Waals surface area (Å²) in [5, 5.41) is 4.74. The molecule has 0 fully saturated rings. The molecule has 3 rings (SSSR count). The van der Waals surface area contributed by atoms with Crippen molar-refractivity contribution in [3.63, 3.8) is 0 Å².